The topological polar surface area (TPSA) is 32.3 Å². The molecule has 0 unspecified atom stereocenters. The average molecular weight is 503 g/mol. The number of carbonyl (C=O) groups is 1. The van der Waals surface area contributed by atoms with Crippen molar-refractivity contribution in [3.8, 4) is 11.1 Å². The molecule has 0 atom stereocenters. The van der Waals surface area contributed by atoms with Crippen molar-refractivity contribution in [2.24, 2.45) is 0 Å². The molecule has 1 fully saturated rings. The highest BCUT2D eigenvalue weighted by Crippen LogP contribution is 2.31. The predicted molar refractivity (Wildman–Crippen MR) is 141 cm³/mol. The smallest absolute Gasteiger partial charge is 0.348 e. The number of halogens is 3. The van der Waals surface area contributed by atoms with Crippen molar-refractivity contribution in [1.82, 2.24) is 10.2 Å². The molecule has 1 amide bonds. The zero-order chi connectivity index (χ0) is 25.8. The zero-order valence-electron chi connectivity index (χ0n) is 20.5. The van der Waals surface area contributed by atoms with E-state index in [1.165, 1.54) is 42.3 Å². The van der Waals surface area contributed by atoms with E-state index in [4.69, 9.17) is 0 Å². The van der Waals surface area contributed by atoms with E-state index in [9.17, 15) is 18.0 Å². The van der Waals surface area contributed by atoms with Crippen molar-refractivity contribution >= 4 is 16.7 Å². The van der Waals surface area contributed by atoms with Crippen molar-refractivity contribution in [3.05, 3.63) is 107 Å². The van der Waals surface area contributed by atoms with Crippen LogP contribution in [0.2, 0.25) is 0 Å². The highest BCUT2D eigenvalue weighted by Gasteiger charge is 2.30. The van der Waals surface area contributed by atoms with Gasteiger partial charge in [-0.1, -0.05) is 61.0 Å². The molecule has 3 nitrogen and oxygen atoms in total. The lowest BCUT2D eigenvalue weighted by Gasteiger charge is -2.26. The van der Waals surface area contributed by atoms with Crippen molar-refractivity contribution < 1.29 is 18.0 Å². The fourth-order valence-electron chi connectivity index (χ4n) is 4.97. The number of fused-ring (bicyclic) bond motifs is 1. The molecule has 1 aliphatic rings. The van der Waals surface area contributed by atoms with Gasteiger partial charge in [0.25, 0.3) is 5.91 Å². The number of carbonyl (C=O) groups excluding carboxylic acids is 1. The van der Waals surface area contributed by atoms with Gasteiger partial charge in [-0.3, -0.25) is 9.69 Å². The lowest BCUT2D eigenvalue weighted by atomic mass is 10.0. The van der Waals surface area contributed by atoms with Crippen molar-refractivity contribution in [3.63, 3.8) is 0 Å². The summed E-state index contributed by atoms with van der Waals surface area (Å²) in [6.45, 7) is 3.70. The summed E-state index contributed by atoms with van der Waals surface area (Å²) in [5, 5.41) is 5.30. The van der Waals surface area contributed by atoms with Crippen molar-refractivity contribution in [2.75, 3.05) is 13.1 Å². The molecule has 0 aliphatic carbocycles. The van der Waals surface area contributed by atoms with Crippen LogP contribution in [0, 0.1) is 0 Å². The van der Waals surface area contributed by atoms with Crippen LogP contribution in [-0.4, -0.2) is 23.9 Å². The van der Waals surface area contributed by atoms with E-state index >= 15 is 0 Å². The Kier molecular flexibility index (Phi) is 7.28. The van der Waals surface area contributed by atoms with E-state index in [0.29, 0.717) is 17.7 Å². The van der Waals surface area contributed by atoms with Crippen LogP contribution in [0.4, 0.5) is 13.2 Å². The summed E-state index contributed by atoms with van der Waals surface area (Å²) in [6.07, 6.45) is -0.489. The standard InChI is InChI=1S/C31H29F3N2O/c32-31(33,34)28-14-12-24(13-15-28)23-8-10-25(11-9-23)30(37)35-20-27-6-4-5-26-19-22(7-16-29(26)27)21-36-17-2-1-3-18-36/h4-16,19H,1-3,17-18,20-21H2,(H,35,37). The van der Waals surface area contributed by atoms with Crippen molar-refractivity contribution in [1.29, 1.82) is 0 Å². The Labute approximate surface area is 214 Å². The van der Waals surface area contributed by atoms with Crippen LogP contribution >= 0.6 is 0 Å². The number of likely N-dealkylation sites (tertiary alicyclic amines) is 1. The van der Waals surface area contributed by atoms with Gasteiger partial charge in [-0.15, -0.1) is 0 Å². The maximum Gasteiger partial charge on any atom is 0.416 e. The Morgan fingerprint density at radius 3 is 2.16 bits per heavy atom. The van der Waals surface area contributed by atoms with Gasteiger partial charge < -0.3 is 5.32 Å². The molecule has 0 spiro atoms. The first-order valence-electron chi connectivity index (χ1n) is 12.7. The van der Waals surface area contributed by atoms with Crippen LogP contribution in [0.15, 0.2) is 84.9 Å². The number of amides is 1. The van der Waals surface area contributed by atoms with Gasteiger partial charge in [0.1, 0.15) is 0 Å². The van der Waals surface area contributed by atoms with Gasteiger partial charge in [-0.05, 0) is 89.3 Å². The molecule has 0 aromatic heterocycles. The zero-order valence-corrected chi connectivity index (χ0v) is 20.5. The molecule has 190 valence electrons. The van der Waals surface area contributed by atoms with Crippen LogP contribution < -0.4 is 5.32 Å². The number of nitrogens with one attached hydrogen (secondary N) is 1. The monoisotopic (exact) mass is 502 g/mol. The summed E-state index contributed by atoms with van der Waals surface area (Å²) in [4.78, 5) is 15.3. The van der Waals surface area contributed by atoms with E-state index in [-0.39, 0.29) is 5.91 Å². The van der Waals surface area contributed by atoms with Crippen LogP contribution in [0.5, 0.6) is 0 Å². The molecule has 0 bridgehead atoms. The van der Waals surface area contributed by atoms with Crippen molar-refractivity contribution in [2.45, 2.75) is 38.5 Å². The number of hydrogen-bond donors (Lipinski definition) is 1. The first-order valence-corrected chi connectivity index (χ1v) is 12.7. The fourth-order valence-corrected chi connectivity index (χ4v) is 4.97. The van der Waals surface area contributed by atoms with E-state index in [2.05, 4.69) is 34.5 Å². The molecule has 37 heavy (non-hydrogen) atoms. The third-order valence-electron chi connectivity index (χ3n) is 7.02. The molecule has 0 saturated carbocycles. The Hall–Kier alpha value is -3.64. The predicted octanol–water partition coefficient (Wildman–Crippen LogP) is 7.44. The lowest BCUT2D eigenvalue weighted by Crippen LogP contribution is -2.29. The maximum absolute atomic E-state index is 12.8. The van der Waals surface area contributed by atoms with Crippen LogP contribution in [-0.2, 0) is 19.3 Å². The minimum Gasteiger partial charge on any atom is -0.348 e. The molecule has 4 aromatic carbocycles. The van der Waals surface area contributed by atoms with Gasteiger partial charge in [-0.2, -0.15) is 13.2 Å². The lowest BCUT2D eigenvalue weighted by molar-refractivity contribution is -0.137. The van der Waals surface area contributed by atoms with E-state index in [0.717, 1.165) is 48.3 Å². The molecule has 1 heterocycles. The molecule has 4 aromatic rings. The summed E-state index contributed by atoms with van der Waals surface area (Å²) in [6, 6.07) is 24.6. The largest absolute Gasteiger partial charge is 0.416 e. The fraction of sp³-hybridized carbons (Fsp3) is 0.258. The molecule has 6 heteroatoms. The number of nitrogens with zero attached hydrogens (tertiary/aromatic N) is 1. The molecular formula is C31H29F3N2O. The highest BCUT2D eigenvalue weighted by atomic mass is 19.4. The van der Waals surface area contributed by atoms with E-state index < -0.39 is 11.7 Å². The van der Waals surface area contributed by atoms with E-state index in [1.54, 1.807) is 24.3 Å². The van der Waals surface area contributed by atoms with Crippen LogP contribution in [0.25, 0.3) is 21.9 Å². The van der Waals surface area contributed by atoms with Gasteiger partial charge in [0.2, 0.25) is 0 Å². The Balaban J connectivity index is 1.23. The van der Waals surface area contributed by atoms with Gasteiger partial charge in [0, 0.05) is 18.7 Å². The Morgan fingerprint density at radius 1 is 0.811 bits per heavy atom. The van der Waals surface area contributed by atoms with Crippen LogP contribution in [0.3, 0.4) is 0 Å². The molecular weight excluding hydrogens is 473 g/mol. The average Bonchev–Trinajstić information content (AvgIpc) is 2.92. The van der Waals surface area contributed by atoms with Crippen LogP contribution in [0.1, 0.15) is 46.3 Å². The summed E-state index contributed by atoms with van der Waals surface area (Å²) < 4.78 is 38.4. The minimum absolute atomic E-state index is 0.197. The minimum atomic E-state index is -4.36. The Bertz CT molecular complexity index is 1370. The molecule has 1 saturated heterocycles. The second-order valence-electron chi connectivity index (χ2n) is 9.64. The summed E-state index contributed by atoms with van der Waals surface area (Å²) in [5.74, 6) is -0.197. The Morgan fingerprint density at radius 2 is 1.49 bits per heavy atom. The summed E-state index contributed by atoms with van der Waals surface area (Å²) in [5.41, 5.74) is 3.59. The number of alkyl halides is 3. The number of benzene rings is 4. The quantitative estimate of drug-likeness (QED) is 0.297. The summed E-state index contributed by atoms with van der Waals surface area (Å²) >= 11 is 0. The summed E-state index contributed by atoms with van der Waals surface area (Å²) in [7, 11) is 0. The van der Waals surface area contributed by atoms with Gasteiger partial charge in [0.05, 0.1) is 5.56 Å². The molecule has 1 aliphatic heterocycles. The number of hydrogen-bond acceptors (Lipinski definition) is 2. The highest BCUT2D eigenvalue weighted by molar-refractivity contribution is 5.95. The third kappa shape index (κ3) is 6.03. The van der Waals surface area contributed by atoms with E-state index in [1.807, 2.05) is 12.1 Å². The molecule has 0 radical (unpaired) electrons. The second kappa shape index (κ2) is 10.8. The first-order chi connectivity index (χ1) is 17.9. The third-order valence-corrected chi connectivity index (χ3v) is 7.02. The SMILES string of the molecule is O=C(NCc1cccc2cc(CN3CCCCC3)ccc12)c1ccc(-c2ccc(C(F)(F)F)cc2)cc1. The first kappa shape index (κ1) is 25.0. The molecule has 1 N–H and O–H groups in total. The number of rotatable bonds is 6. The second-order valence-corrected chi connectivity index (χ2v) is 9.64. The molecule has 5 rings (SSSR count). The maximum atomic E-state index is 12.8. The normalized spacial score (nSPS) is 14.6. The van der Waals surface area contributed by atoms with Gasteiger partial charge >= 0.3 is 6.18 Å². The number of piperidine rings is 1. The van der Waals surface area contributed by atoms with Gasteiger partial charge in [-0.25, -0.2) is 0 Å². The van der Waals surface area contributed by atoms with Gasteiger partial charge in [0.15, 0.2) is 0 Å².